The lowest BCUT2D eigenvalue weighted by atomic mass is 10.3. The second kappa shape index (κ2) is 5.45. The van der Waals surface area contributed by atoms with Crippen LogP contribution in [0.15, 0.2) is 6.33 Å². The van der Waals surface area contributed by atoms with Gasteiger partial charge in [0, 0.05) is 20.0 Å². The van der Waals surface area contributed by atoms with Crippen LogP contribution in [-0.4, -0.2) is 40.4 Å². The largest absolute Gasteiger partial charge is 0.468 e. The van der Waals surface area contributed by atoms with E-state index in [4.69, 9.17) is 0 Å². The molecule has 1 unspecified atom stereocenters. The Kier molecular flexibility index (Phi) is 4.23. The van der Waals surface area contributed by atoms with Crippen LogP contribution in [0.1, 0.15) is 12.7 Å². The predicted octanol–water partition coefficient (Wildman–Crippen LogP) is -0.491. The van der Waals surface area contributed by atoms with Gasteiger partial charge in [0.25, 0.3) is 0 Å². The summed E-state index contributed by atoms with van der Waals surface area (Å²) in [6.45, 7) is 2.41. The summed E-state index contributed by atoms with van der Waals surface area (Å²) < 4.78 is 6.23. The monoisotopic (exact) mass is 212 g/mol. The molecule has 0 aliphatic rings. The van der Waals surface area contributed by atoms with Gasteiger partial charge in [-0.3, -0.25) is 9.48 Å². The molecule has 0 amide bonds. The van der Waals surface area contributed by atoms with E-state index in [1.807, 2.05) is 7.05 Å². The van der Waals surface area contributed by atoms with Gasteiger partial charge < -0.3 is 10.1 Å². The molecule has 6 nitrogen and oxygen atoms in total. The molecule has 15 heavy (non-hydrogen) atoms. The maximum atomic E-state index is 11.0. The van der Waals surface area contributed by atoms with Crippen molar-refractivity contribution in [3.63, 3.8) is 0 Å². The second-order valence-corrected chi connectivity index (χ2v) is 3.28. The van der Waals surface area contributed by atoms with Gasteiger partial charge in [0.05, 0.1) is 7.11 Å². The minimum absolute atomic E-state index is 0.260. The number of methoxy groups -OCH3 is 1. The van der Waals surface area contributed by atoms with Crippen LogP contribution in [0.5, 0.6) is 0 Å². The average molecular weight is 212 g/mol. The minimum Gasteiger partial charge on any atom is -0.468 e. The summed E-state index contributed by atoms with van der Waals surface area (Å²) in [5.41, 5.74) is 0. The third kappa shape index (κ3) is 3.67. The van der Waals surface area contributed by atoms with Crippen molar-refractivity contribution in [1.82, 2.24) is 20.1 Å². The summed E-state index contributed by atoms with van der Waals surface area (Å²) in [5, 5.41) is 7.15. The number of carbonyl (C=O) groups excluding carboxylic acids is 1. The molecule has 6 heteroatoms. The molecule has 0 spiro atoms. The molecular weight excluding hydrogens is 196 g/mol. The van der Waals surface area contributed by atoms with E-state index in [0.717, 1.165) is 5.82 Å². The van der Waals surface area contributed by atoms with Crippen LogP contribution < -0.4 is 5.32 Å². The molecule has 0 aliphatic heterocycles. The number of carbonyl (C=O) groups is 1. The highest BCUT2D eigenvalue weighted by Gasteiger charge is 2.11. The standard InChI is InChI=1S/C9H16N4O2/c1-7(9(14)15-3)10-5-4-8-11-6-13(2)12-8/h6-7,10H,4-5H2,1-3H3. The Morgan fingerprint density at radius 1 is 1.73 bits per heavy atom. The molecule has 1 atom stereocenters. The Bertz CT molecular complexity index is 324. The number of rotatable bonds is 5. The van der Waals surface area contributed by atoms with E-state index in [2.05, 4.69) is 20.1 Å². The fourth-order valence-corrected chi connectivity index (χ4v) is 1.16. The molecule has 1 aromatic heterocycles. The SMILES string of the molecule is COC(=O)C(C)NCCc1ncn(C)n1. The Balaban J connectivity index is 2.24. The molecule has 0 bridgehead atoms. The highest BCUT2D eigenvalue weighted by atomic mass is 16.5. The Morgan fingerprint density at radius 3 is 3.00 bits per heavy atom. The van der Waals surface area contributed by atoms with Crippen LogP contribution in [0.2, 0.25) is 0 Å². The summed E-state index contributed by atoms with van der Waals surface area (Å²) in [7, 11) is 3.20. The van der Waals surface area contributed by atoms with E-state index in [9.17, 15) is 4.79 Å². The Labute approximate surface area is 88.6 Å². The first kappa shape index (κ1) is 11.6. The van der Waals surface area contributed by atoms with Crippen molar-refractivity contribution in [3.8, 4) is 0 Å². The van der Waals surface area contributed by atoms with Gasteiger partial charge in [0.2, 0.25) is 0 Å². The van der Waals surface area contributed by atoms with Crippen LogP contribution >= 0.6 is 0 Å². The van der Waals surface area contributed by atoms with Crippen LogP contribution in [0.4, 0.5) is 0 Å². The summed E-state index contributed by atoms with van der Waals surface area (Å²) in [6, 6.07) is -0.293. The van der Waals surface area contributed by atoms with Gasteiger partial charge in [-0.25, -0.2) is 4.98 Å². The van der Waals surface area contributed by atoms with E-state index in [0.29, 0.717) is 13.0 Å². The fraction of sp³-hybridized carbons (Fsp3) is 0.667. The van der Waals surface area contributed by atoms with Crippen molar-refractivity contribution in [3.05, 3.63) is 12.2 Å². The van der Waals surface area contributed by atoms with Gasteiger partial charge in [0.15, 0.2) is 5.82 Å². The minimum atomic E-state index is -0.293. The highest BCUT2D eigenvalue weighted by molar-refractivity contribution is 5.75. The van der Waals surface area contributed by atoms with Gasteiger partial charge in [-0.05, 0) is 6.92 Å². The summed E-state index contributed by atoms with van der Waals surface area (Å²) in [6.07, 6.45) is 2.35. The predicted molar refractivity (Wildman–Crippen MR) is 54.2 cm³/mol. The number of aromatic nitrogens is 3. The van der Waals surface area contributed by atoms with Crippen molar-refractivity contribution < 1.29 is 9.53 Å². The van der Waals surface area contributed by atoms with E-state index in [-0.39, 0.29) is 12.0 Å². The van der Waals surface area contributed by atoms with E-state index in [1.165, 1.54) is 7.11 Å². The number of hydrogen-bond acceptors (Lipinski definition) is 5. The number of hydrogen-bond donors (Lipinski definition) is 1. The van der Waals surface area contributed by atoms with Crippen LogP contribution in [-0.2, 0) is 23.0 Å². The average Bonchev–Trinajstić information content (AvgIpc) is 2.63. The second-order valence-electron chi connectivity index (χ2n) is 3.28. The molecule has 1 heterocycles. The van der Waals surface area contributed by atoms with E-state index < -0.39 is 0 Å². The number of aryl methyl sites for hydroxylation is 1. The quantitative estimate of drug-likeness (QED) is 0.667. The topological polar surface area (TPSA) is 69.0 Å². The molecule has 84 valence electrons. The summed E-state index contributed by atoms with van der Waals surface area (Å²) in [4.78, 5) is 15.1. The van der Waals surface area contributed by atoms with Crippen molar-refractivity contribution in [2.24, 2.45) is 7.05 Å². The van der Waals surface area contributed by atoms with Crippen LogP contribution in [0.25, 0.3) is 0 Å². The fourth-order valence-electron chi connectivity index (χ4n) is 1.16. The molecule has 0 aliphatic carbocycles. The van der Waals surface area contributed by atoms with E-state index in [1.54, 1.807) is 17.9 Å². The smallest absolute Gasteiger partial charge is 0.322 e. The summed E-state index contributed by atoms with van der Waals surface area (Å²) in [5.74, 6) is 0.506. The third-order valence-electron chi connectivity index (χ3n) is 2.00. The number of ether oxygens (including phenoxy) is 1. The molecule has 0 saturated carbocycles. The molecular formula is C9H16N4O2. The first-order valence-electron chi connectivity index (χ1n) is 4.79. The Hall–Kier alpha value is -1.43. The maximum Gasteiger partial charge on any atom is 0.322 e. The van der Waals surface area contributed by atoms with E-state index >= 15 is 0 Å². The van der Waals surface area contributed by atoms with Crippen molar-refractivity contribution in [1.29, 1.82) is 0 Å². The lowest BCUT2D eigenvalue weighted by Gasteiger charge is -2.09. The number of nitrogens with one attached hydrogen (secondary N) is 1. The lowest BCUT2D eigenvalue weighted by molar-refractivity contribution is -0.142. The van der Waals surface area contributed by atoms with Crippen LogP contribution in [0, 0.1) is 0 Å². The summed E-state index contributed by atoms with van der Waals surface area (Å²) >= 11 is 0. The first-order valence-corrected chi connectivity index (χ1v) is 4.79. The van der Waals surface area contributed by atoms with Crippen molar-refractivity contribution in [2.75, 3.05) is 13.7 Å². The van der Waals surface area contributed by atoms with Gasteiger partial charge in [-0.1, -0.05) is 0 Å². The van der Waals surface area contributed by atoms with Crippen molar-refractivity contribution in [2.45, 2.75) is 19.4 Å². The molecule has 1 N–H and O–H groups in total. The highest BCUT2D eigenvalue weighted by Crippen LogP contribution is 1.90. The third-order valence-corrected chi connectivity index (χ3v) is 2.00. The molecule has 1 rings (SSSR count). The number of esters is 1. The van der Waals surface area contributed by atoms with Gasteiger partial charge in [0.1, 0.15) is 12.4 Å². The normalized spacial score (nSPS) is 12.5. The Morgan fingerprint density at radius 2 is 2.47 bits per heavy atom. The molecule has 0 fully saturated rings. The molecule has 0 saturated heterocycles. The van der Waals surface area contributed by atoms with Gasteiger partial charge >= 0.3 is 5.97 Å². The first-order chi connectivity index (χ1) is 7.13. The van der Waals surface area contributed by atoms with Crippen LogP contribution in [0.3, 0.4) is 0 Å². The van der Waals surface area contributed by atoms with Gasteiger partial charge in [-0.15, -0.1) is 0 Å². The van der Waals surface area contributed by atoms with Gasteiger partial charge in [-0.2, -0.15) is 5.10 Å². The zero-order valence-electron chi connectivity index (χ0n) is 9.23. The molecule has 1 aromatic rings. The number of nitrogens with zero attached hydrogens (tertiary/aromatic N) is 3. The van der Waals surface area contributed by atoms with Crippen molar-refractivity contribution >= 4 is 5.97 Å². The lowest BCUT2D eigenvalue weighted by Crippen LogP contribution is -2.36. The zero-order valence-corrected chi connectivity index (χ0v) is 9.23. The maximum absolute atomic E-state index is 11.0. The molecule has 0 aromatic carbocycles. The molecule has 0 radical (unpaired) electrons. The zero-order chi connectivity index (χ0) is 11.3.